The van der Waals surface area contributed by atoms with E-state index >= 15 is 0 Å². The van der Waals surface area contributed by atoms with Crippen molar-refractivity contribution in [3.8, 4) is 0 Å². The van der Waals surface area contributed by atoms with Crippen LogP contribution in [-0.2, 0) is 27.5 Å². The summed E-state index contributed by atoms with van der Waals surface area (Å²) in [6, 6.07) is 12.8. The maximum atomic E-state index is 12.4. The molecule has 25 heavy (non-hydrogen) atoms. The number of furan rings is 1. The van der Waals surface area contributed by atoms with Crippen molar-refractivity contribution in [1.29, 1.82) is 0 Å². The highest BCUT2D eigenvalue weighted by atomic mass is 16.5. The zero-order valence-electron chi connectivity index (χ0n) is 14.0. The van der Waals surface area contributed by atoms with Gasteiger partial charge in [-0.25, -0.2) is 0 Å². The van der Waals surface area contributed by atoms with Crippen molar-refractivity contribution in [2.45, 2.75) is 32.0 Å². The Labute approximate surface area is 146 Å². The van der Waals surface area contributed by atoms with Crippen LogP contribution in [-0.4, -0.2) is 35.9 Å². The molecule has 2 amide bonds. The molecule has 1 aromatic heterocycles. The zero-order chi connectivity index (χ0) is 17.5. The Morgan fingerprint density at radius 2 is 2.04 bits per heavy atom. The summed E-state index contributed by atoms with van der Waals surface area (Å²) in [6.07, 6.45) is 3.06. The van der Waals surface area contributed by atoms with Crippen LogP contribution in [0.15, 0.2) is 53.1 Å². The molecule has 6 heteroatoms. The van der Waals surface area contributed by atoms with Gasteiger partial charge in [-0.3, -0.25) is 9.59 Å². The molecule has 0 bridgehead atoms. The Balaban J connectivity index is 1.46. The molecule has 1 aromatic carbocycles. The fourth-order valence-corrected chi connectivity index (χ4v) is 2.96. The molecule has 2 heterocycles. The van der Waals surface area contributed by atoms with Crippen LogP contribution < -0.4 is 5.32 Å². The highest BCUT2D eigenvalue weighted by Crippen LogP contribution is 2.18. The Hall–Kier alpha value is -2.60. The summed E-state index contributed by atoms with van der Waals surface area (Å²) in [5.74, 6) is 0.396. The molecule has 1 fully saturated rings. The van der Waals surface area contributed by atoms with Gasteiger partial charge in [0.1, 0.15) is 18.4 Å². The second kappa shape index (κ2) is 8.48. The van der Waals surface area contributed by atoms with E-state index < -0.39 is 6.04 Å². The molecule has 1 saturated heterocycles. The quantitative estimate of drug-likeness (QED) is 0.836. The maximum absolute atomic E-state index is 12.4. The lowest BCUT2D eigenvalue weighted by molar-refractivity contribution is -0.142. The molecule has 0 spiro atoms. The van der Waals surface area contributed by atoms with Gasteiger partial charge in [-0.15, -0.1) is 0 Å². The maximum Gasteiger partial charge on any atom is 0.249 e. The third-order valence-corrected chi connectivity index (χ3v) is 4.23. The monoisotopic (exact) mass is 342 g/mol. The Morgan fingerprint density at radius 3 is 2.80 bits per heavy atom. The summed E-state index contributed by atoms with van der Waals surface area (Å²) < 4.78 is 10.7. The first-order chi connectivity index (χ1) is 12.2. The van der Waals surface area contributed by atoms with E-state index in [1.807, 2.05) is 30.3 Å². The number of amides is 2. The minimum atomic E-state index is -0.428. The van der Waals surface area contributed by atoms with Gasteiger partial charge in [-0.05, 0) is 30.5 Å². The first-order valence-corrected chi connectivity index (χ1v) is 8.45. The number of ether oxygens (including phenoxy) is 1. The lowest BCUT2D eigenvalue weighted by Crippen LogP contribution is -2.46. The Morgan fingerprint density at radius 1 is 1.20 bits per heavy atom. The summed E-state index contributed by atoms with van der Waals surface area (Å²) in [5, 5.41) is 2.83. The third kappa shape index (κ3) is 4.70. The van der Waals surface area contributed by atoms with Gasteiger partial charge in [0.05, 0.1) is 19.4 Å². The van der Waals surface area contributed by atoms with E-state index in [0.29, 0.717) is 31.9 Å². The number of carbonyl (C=O) groups is 2. The summed E-state index contributed by atoms with van der Waals surface area (Å²) in [6.45, 7) is 1.29. The van der Waals surface area contributed by atoms with Gasteiger partial charge in [0, 0.05) is 6.54 Å². The number of benzene rings is 1. The molecule has 1 atom stereocenters. The van der Waals surface area contributed by atoms with Gasteiger partial charge in [0.15, 0.2) is 0 Å². The number of hydrogen-bond acceptors (Lipinski definition) is 4. The normalized spacial score (nSPS) is 16.8. The van der Waals surface area contributed by atoms with Crippen LogP contribution in [0.1, 0.15) is 24.2 Å². The SMILES string of the molecule is O=C(NCc1ccco1)[C@H]1CCCN1C(=O)COCc1ccccc1. The molecule has 2 aromatic rings. The van der Waals surface area contributed by atoms with Crippen molar-refractivity contribution in [1.82, 2.24) is 10.2 Å². The van der Waals surface area contributed by atoms with E-state index in [4.69, 9.17) is 9.15 Å². The highest BCUT2D eigenvalue weighted by molar-refractivity contribution is 5.88. The Bertz CT molecular complexity index is 685. The molecular formula is C19H22N2O4. The second-order valence-electron chi connectivity index (χ2n) is 6.02. The van der Waals surface area contributed by atoms with E-state index in [9.17, 15) is 9.59 Å². The zero-order valence-corrected chi connectivity index (χ0v) is 14.0. The van der Waals surface area contributed by atoms with Crippen molar-refractivity contribution in [2.75, 3.05) is 13.2 Å². The minimum Gasteiger partial charge on any atom is -0.467 e. The van der Waals surface area contributed by atoms with E-state index in [1.54, 1.807) is 23.3 Å². The average Bonchev–Trinajstić information content (AvgIpc) is 3.32. The molecule has 1 aliphatic rings. The predicted molar refractivity (Wildman–Crippen MR) is 91.4 cm³/mol. The molecule has 0 radical (unpaired) electrons. The number of nitrogens with one attached hydrogen (secondary N) is 1. The predicted octanol–water partition coefficient (Wildman–Crippen LogP) is 2.10. The van der Waals surface area contributed by atoms with E-state index in [1.165, 1.54) is 0 Å². The summed E-state index contributed by atoms with van der Waals surface area (Å²) >= 11 is 0. The standard InChI is InChI=1S/C19H22N2O4/c22-18(14-24-13-15-6-2-1-3-7-15)21-10-4-9-17(21)19(23)20-12-16-8-5-11-25-16/h1-3,5-8,11,17H,4,9-10,12-14H2,(H,20,23)/t17-/m1/s1. The fourth-order valence-electron chi connectivity index (χ4n) is 2.96. The van der Waals surface area contributed by atoms with Crippen molar-refractivity contribution in [3.05, 3.63) is 60.1 Å². The first kappa shape index (κ1) is 17.2. The van der Waals surface area contributed by atoms with Crippen LogP contribution in [0.25, 0.3) is 0 Å². The van der Waals surface area contributed by atoms with Gasteiger partial charge in [-0.1, -0.05) is 30.3 Å². The van der Waals surface area contributed by atoms with Crippen molar-refractivity contribution in [3.63, 3.8) is 0 Å². The fraction of sp³-hybridized carbons (Fsp3) is 0.368. The number of carbonyl (C=O) groups excluding carboxylic acids is 2. The van der Waals surface area contributed by atoms with E-state index in [2.05, 4.69) is 5.32 Å². The number of likely N-dealkylation sites (tertiary alicyclic amines) is 1. The van der Waals surface area contributed by atoms with Crippen LogP contribution in [0.4, 0.5) is 0 Å². The topological polar surface area (TPSA) is 71.8 Å². The second-order valence-corrected chi connectivity index (χ2v) is 6.02. The third-order valence-electron chi connectivity index (χ3n) is 4.23. The molecule has 0 saturated carbocycles. The van der Waals surface area contributed by atoms with Crippen LogP contribution in [0.5, 0.6) is 0 Å². The van der Waals surface area contributed by atoms with Crippen LogP contribution in [0.2, 0.25) is 0 Å². The van der Waals surface area contributed by atoms with E-state index in [-0.39, 0.29) is 18.4 Å². The minimum absolute atomic E-state index is 0.0170. The van der Waals surface area contributed by atoms with Crippen LogP contribution in [0, 0.1) is 0 Å². The van der Waals surface area contributed by atoms with Crippen molar-refractivity contribution < 1.29 is 18.7 Å². The van der Waals surface area contributed by atoms with Crippen molar-refractivity contribution >= 4 is 11.8 Å². The molecule has 6 nitrogen and oxygen atoms in total. The number of nitrogens with zero attached hydrogens (tertiary/aromatic N) is 1. The molecule has 1 N–H and O–H groups in total. The smallest absolute Gasteiger partial charge is 0.249 e. The molecule has 0 unspecified atom stereocenters. The van der Waals surface area contributed by atoms with Gasteiger partial charge < -0.3 is 19.4 Å². The molecule has 132 valence electrons. The van der Waals surface area contributed by atoms with E-state index in [0.717, 1.165) is 12.0 Å². The number of hydrogen-bond donors (Lipinski definition) is 1. The summed E-state index contributed by atoms with van der Waals surface area (Å²) in [4.78, 5) is 26.4. The van der Waals surface area contributed by atoms with Gasteiger partial charge in [0.2, 0.25) is 11.8 Å². The summed E-state index contributed by atoms with van der Waals surface area (Å²) in [5.41, 5.74) is 1.02. The summed E-state index contributed by atoms with van der Waals surface area (Å²) in [7, 11) is 0. The van der Waals surface area contributed by atoms with Gasteiger partial charge in [0.25, 0.3) is 0 Å². The molecule has 0 aliphatic carbocycles. The average molecular weight is 342 g/mol. The molecular weight excluding hydrogens is 320 g/mol. The molecule has 1 aliphatic heterocycles. The van der Waals surface area contributed by atoms with Crippen molar-refractivity contribution in [2.24, 2.45) is 0 Å². The first-order valence-electron chi connectivity index (χ1n) is 8.45. The largest absolute Gasteiger partial charge is 0.467 e. The lowest BCUT2D eigenvalue weighted by atomic mass is 10.2. The van der Waals surface area contributed by atoms with Gasteiger partial charge >= 0.3 is 0 Å². The van der Waals surface area contributed by atoms with Gasteiger partial charge in [-0.2, -0.15) is 0 Å². The number of rotatable bonds is 7. The Kier molecular flexibility index (Phi) is 5.85. The van der Waals surface area contributed by atoms with Crippen LogP contribution in [0.3, 0.4) is 0 Å². The molecule has 3 rings (SSSR count). The lowest BCUT2D eigenvalue weighted by Gasteiger charge is -2.23. The van der Waals surface area contributed by atoms with Crippen LogP contribution >= 0.6 is 0 Å². The highest BCUT2D eigenvalue weighted by Gasteiger charge is 2.33.